The number of benzene rings is 4. The van der Waals surface area contributed by atoms with Gasteiger partial charge in [0.25, 0.3) is 10.1 Å². The van der Waals surface area contributed by atoms with Crippen LogP contribution in [0, 0.1) is 23.4 Å². The SMILES string of the molecule is CCCCC[N+]1=C(/C=C/C2=C(Oc3ccc(C[C@H](CC(=O)CCOCCOCCNC(=O)CCS(=O)(=O)c4c(F)c(F)c(S(N)(=O)=O)c(F)c4N(C(N(C)C)=[N+](C)C)C4CCCCCCC4)C(=O)O)cc3)C(=C/C=C3/N(CCCCS(=O)(=O)O)c4ccccc4C3(C)C)/CCC2)C(C)(C)c2ccccc21. The number of sulfone groups is 1. The molecule has 0 spiro atoms. The van der Waals surface area contributed by atoms with Gasteiger partial charge in [-0.25, -0.2) is 40.0 Å². The van der Waals surface area contributed by atoms with Crippen LogP contribution in [0.15, 0.2) is 129 Å². The third kappa shape index (κ3) is 21.2. The van der Waals surface area contributed by atoms with Gasteiger partial charge in [-0.15, -0.1) is 0 Å². The van der Waals surface area contributed by atoms with E-state index in [0.717, 1.165) is 92.4 Å². The largest absolute Gasteiger partial charge is 0.481 e. The second-order valence-corrected chi connectivity index (χ2v) is 34.1. The number of unbranched alkanes of at least 4 members (excludes halogenated alkanes) is 3. The Labute approximate surface area is 618 Å². The monoisotopic (exact) mass is 1520 g/mol. The Hall–Kier alpha value is -7.53. The fourth-order valence-electron chi connectivity index (χ4n) is 14.8. The molecule has 0 saturated heterocycles. The highest BCUT2D eigenvalue weighted by Crippen LogP contribution is 2.49. The van der Waals surface area contributed by atoms with Gasteiger partial charge in [-0.2, -0.15) is 13.0 Å². The van der Waals surface area contributed by atoms with E-state index in [0.29, 0.717) is 62.1 Å². The zero-order valence-electron chi connectivity index (χ0n) is 62.2. The number of ketones is 1. The van der Waals surface area contributed by atoms with E-state index in [2.05, 4.69) is 110 Å². The number of hydrogen-bond acceptors (Lipinski definition) is 13. The summed E-state index contributed by atoms with van der Waals surface area (Å²) >= 11 is 0. The molecule has 4 aliphatic rings. The molecule has 1 atom stereocenters. The smallest absolute Gasteiger partial charge is 0.354 e. The summed E-state index contributed by atoms with van der Waals surface area (Å²) in [6.07, 6.45) is 18.7. The second-order valence-electron chi connectivity index (χ2n) is 29.0. The van der Waals surface area contributed by atoms with Gasteiger partial charge in [0.1, 0.15) is 28.7 Å². The van der Waals surface area contributed by atoms with Crippen LogP contribution in [0.25, 0.3) is 0 Å². The molecule has 0 radical (unpaired) electrons. The molecule has 5 N–H and O–H groups in total. The summed E-state index contributed by atoms with van der Waals surface area (Å²) in [6.45, 7) is 12.4. The highest BCUT2D eigenvalue weighted by molar-refractivity contribution is 7.91. The molecule has 1 saturated carbocycles. The maximum Gasteiger partial charge on any atom is 0.354 e. The van der Waals surface area contributed by atoms with Gasteiger partial charge in [-0.1, -0.05) is 101 Å². The quantitative estimate of drug-likeness (QED) is 0.00832. The lowest BCUT2D eigenvalue weighted by atomic mass is 9.81. The van der Waals surface area contributed by atoms with Crippen molar-refractivity contribution in [2.75, 3.05) is 95.6 Å². The molecule has 0 aromatic heterocycles. The van der Waals surface area contributed by atoms with Crippen molar-refractivity contribution in [2.45, 2.75) is 183 Å². The summed E-state index contributed by atoms with van der Waals surface area (Å²) < 4.78 is 158. The molecule has 2 aliphatic heterocycles. The molecule has 0 bridgehead atoms. The molecule has 1 amide bonds. The Morgan fingerprint density at radius 2 is 1.40 bits per heavy atom. The van der Waals surface area contributed by atoms with E-state index in [9.17, 15) is 49.3 Å². The molecule has 1 fully saturated rings. The molecule has 2 aliphatic carbocycles. The summed E-state index contributed by atoms with van der Waals surface area (Å²) in [7, 11) is -8.18. The highest BCUT2D eigenvalue weighted by Gasteiger charge is 2.47. The molecular formula is C78H106F3N7O14S3+2. The predicted octanol–water partition coefficient (Wildman–Crippen LogP) is 12.4. The fourth-order valence-corrected chi connectivity index (χ4v) is 17.5. The number of Topliss-reactive ketones (excluding diaryl/α,β-unsaturated/α-hetero) is 1. The molecule has 0 unspecified atom stereocenters. The average molecular weight is 1520 g/mol. The molecule has 4 aromatic rings. The van der Waals surface area contributed by atoms with E-state index >= 15 is 13.2 Å². The summed E-state index contributed by atoms with van der Waals surface area (Å²) in [4.78, 5) is 40.7. The van der Waals surface area contributed by atoms with Crippen LogP contribution >= 0.6 is 0 Å². The number of nitrogens with zero attached hydrogens (tertiary/aromatic N) is 5. The summed E-state index contributed by atoms with van der Waals surface area (Å²) in [5.41, 5.74) is 7.88. The summed E-state index contributed by atoms with van der Waals surface area (Å²) in [5, 5.41) is 18.1. The fraction of sp³-hybridized carbons (Fsp3) is 0.526. The van der Waals surface area contributed by atoms with Crippen molar-refractivity contribution in [3.63, 3.8) is 0 Å². The average Bonchev–Trinajstić information content (AvgIpc) is 1.63. The topological polar surface area (TPSA) is 276 Å². The standard InChI is InChI=1S/C78H104F3N7O14S3/c1-10-11-21-44-86-63-31-19-17-29-61(63)77(2,3)65(86)39-35-55-25-24-26-56(36-40-66-78(4,5)62-30-18-20-32-64(62)87(66)45-22-23-50-104(95,96)97)72(55)102-60-37-33-54(34-38-60)52-57(75(91)92)53-59(89)41-46-100-48-49-101-47-43-83-67(90)42-51-103(93,94)74-69(80)68(79)73(105(82,98)99)70(81)71(74)88(76(84(6)7)85(8)9)58-27-15-13-12-14-16-28-58/h17-20,29-40,57-58H,10-16,21-28,41-53H2,1-9H3,(H3-2,82,83,90,91,92,95,96,97,98,99)/p+2/t57-/m1/s1. The number of carbonyl (C=O) groups is 3. The van der Waals surface area contributed by atoms with Crippen LogP contribution in [0.3, 0.4) is 0 Å². The van der Waals surface area contributed by atoms with Crippen LogP contribution in [0.2, 0.25) is 0 Å². The number of halogens is 3. The Morgan fingerprint density at radius 3 is 2.05 bits per heavy atom. The van der Waals surface area contributed by atoms with E-state index in [1.807, 2.05) is 36.4 Å². The molecule has 8 rings (SSSR count). The van der Waals surface area contributed by atoms with Gasteiger partial charge in [0, 0.05) is 73.3 Å². The maximum absolute atomic E-state index is 16.9. The van der Waals surface area contributed by atoms with Crippen molar-refractivity contribution in [2.24, 2.45) is 11.1 Å². The third-order valence-electron chi connectivity index (χ3n) is 20.0. The van der Waals surface area contributed by atoms with Gasteiger partial charge in [0.2, 0.25) is 21.6 Å². The predicted molar refractivity (Wildman–Crippen MR) is 402 cm³/mol. The number of ether oxygens (including phenoxy) is 3. The molecule has 574 valence electrons. The number of anilines is 2. The van der Waals surface area contributed by atoms with Crippen molar-refractivity contribution in [1.29, 1.82) is 0 Å². The van der Waals surface area contributed by atoms with Gasteiger partial charge >= 0.3 is 11.9 Å². The first-order valence-electron chi connectivity index (χ1n) is 36.5. The van der Waals surface area contributed by atoms with Crippen molar-refractivity contribution in [3.8, 4) is 5.75 Å². The van der Waals surface area contributed by atoms with Crippen LogP contribution in [0.1, 0.15) is 167 Å². The van der Waals surface area contributed by atoms with Gasteiger partial charge in [-0.05, 0) is 137 Å². The van der Waals surface area contributed by atoms with E-state index in [4.69, 9.17) is 19.3 Å². The number of allylic oxidation sites excluding steroid dienone is 7. The number of primary sulfonamides is 1. The van der Waals surface area contributed by atoms with Crippen LogP contribution in [-0.2, 0) is 71.1 Å². The summed E-state index contributed by atoms with van der Waals surface area (Å²) in [6, 6.07) is 23.4. The van der Waals surface area contributed by atoms with Crippen LogP contribution in [0.5, 0.6) is 5.75 Å². The molecule has 27 heteroatoms. The van der Waals surface area contributed by atoms with Crippen LogP contribution < -0.4 is 25.0 Å². The number of carboxylic acid groups (broad SMARTS) is 1. The minimum absolute atomic E-state index is 0.0219. The highest BCUT2D eigenvalue weighted by atomic mass is 32.2. The van der Waals surface area contributed by atoms with Crippen molar-refractivity contribution in [3.05, 3.63) is 154 Å². The minimum Gasteiger partial charge on any atom is -0.481 e. The number of guanidine groups is 1. The minimum atomic E-state index is -5.29. The van der Waals surface area contributed by atoms with E-state index < -0.39 is 104 Å². The first-order valence-corrected chi connectivity index (χ1v) is 41.3. The number of para-hydroxylation sites is 2. The maximum atomic E-state index is 16.9. The van der Waals surface area contributed by atoms with Crippen molar-refractivity contribution < 1.29 is 85.8 Å². The zero-order chi connectivity index (χ0) is 76.6. The van der Waals surface area contributed by atoms with Gasteiger partial charge in [-0.3, -0.25) is 28.4 Å². The Balaban J connectivity index is 0.879. The number of carboxylic acids is 1. The molecular weight excluding hydrogens is 1410 g/mol. The summed E-state index contributed by atoms with van der Waals surface area (Å²) in [5.74, 6) is -9.68. The number of hydrogen-bond donors (Lipinski definition) is 4. The van der Waals surface area contributed by atoms with Crippen LogP contribution in [-0.4, -0.2) is 170 Å². The second kappa shape index (κ2) is 36.9. The number of nitrogens with one attached hydrogen (secondary N) is 1. The Bertz CT molecular complexity index is 4350. The van der Waals surface area contributed by atoms with E-state index in [-0.39, 0.29) is 75.1 Å². The molecule has 2 heterocycles. The number of rotatable bonds is 35. The molecule has 4 aromatic carbocycles. The number of aliphatic carboxylic acids is 1. The van der Waals surface area contributed by atoms with Gasteiger partial charge in [0.05, 0.1) is 83.5 Å². The lowest BCUT2D eigenvalue weighted by Gasteiger charge is -2.34. The number of fused-ring (bicyclic) bond motifs is 2. The number of amides is 1. The van der Waals surface area contributed by atoms with E-state index in [1.165, 1.54) is 31.3 Å². The number of sulfonamides is 1. The lowest BCUT2D eigenvalue weighted by molar-refractivity contribution is -0.471. The zero-order valence-corrected chi connectivity index (χ0v) is 64.6. The van der Waals surface area contributed by atoms with Gasteiger partial charge in [0.15, 0.2) is 43.6 Å². The van der Waals surface area contributed by atoms with E-state index in [1.54, 1.807) is 28.2 Å². The first kappa shape index (κ1) is 83.1. The van der Waals surface area contributed by atoms with Gasteiger partial charge < -0.3 is 29.5 Å². The molecule has 105 heavy (non-hydrogen) atoms. The Kier molecular flexibility index (Phi) is 29.2. The number of carbonyl (C=O) groups excluding carboxylic acids is 2. The van der Waals surface area contributed by atoms with Crippen molar-refractivity contribution in [1.82, 2.24) is 10.2 Å². The molecule has 21 nitrogen and oxygen atoms in total. The first-order chi connectivity index (χ1) is 49.7. The Morgan fingerprint density at radius 1 is 0.752 bits per heavy atom. The third-order valence-corrected chi connectivity index (χ3v) is 23.5. The lowest BCUT2D eigenvalue weighted by Crippen LogP contribution is -2.52. The normalized spacial score (nSPS) is 17.4. The van der Waals surface area contributed by atoms with Crippen LogP contribution in [0.4, 0.5) is 30.2 Å². The number of nitrogens with two attached hydrogens (primary N) is 1. The van der Waals surface area contributed by atoms with Crippen molar-refractivity contribution >= 4 is 76.4 Å².